The monoisotopic (exact) mass is 382 g/mol. The second-order valence-electron chi connectivity index (χ2n) is 7.86. The molecule has 0 saturated carbocycles. The Hall–Kier alpha value is -1.42. The topological polar surface area (TPSA) is 16.1 Å². The van der Waals surface area contributed by atoms with Crippen LogP contribution in [0.3, 0.4) is 0 Å². The van der Waals surface area contributed by atoms with E-state index in [4.69, 9.17) is 16.6 Å². The molecule has 2 fully saturated rings. The molecular weight excluding hydrogens is 360 g/mol. The van der Waals surface area contributed by atoms with E-state index in [2.05, 4.69) is 49.2 Å². The van der Waals surface area contributed by atoms with E-state index in [0.717, 1.165) is 5.02 Å². The summed E-state index contributed by atoms with van der Waals surface area (Å²) in [7, 11) is 2.31. The number of thiazole rings is 1. The zero-order chi connectivity index (χ0) is 17.8. The first-order valence-corrected chi connectivity index (χ1v) is 10.6. The predicted molar refractivity (Wildman–Crippen MR) is 110 cm³/mol. The lowest BCUT2D eigenvalue weighted by Gasteiger charge is -2.42. The first-order chi connectivity index (χ1) is 12.6. The third-order valence-corrected chi connectivity index (χ3v) is 7.86. The predicted octanol–water partition coefficient (Wildman–Crippen LogP) is 5.99. The van der Waals surface area contributed by atoms with Gasteiger partial charge in [-0.15, -0.1) is 11.3 Å². The number of fused-ring (bicyclic) bond motifs is 3. The molecule has 2 aliphatic rings. The number of halogens is 1. The van der Waals surface area contributed by atoms with Crippen molar-refractivity contribution in [1.82, 2.24) is 9.88 Å². The second kappa shape index (κ2) is 6.33. The van der Waals surface area contributed by atoms with Crippen molar-refractivity contribution in [3.05, 3.63) is 63.6 Å². The molecule has 0 radical (unpaired) electrons. The Morgan fingerprint density at radius 3 is 2.69 bits per heavy atom. The molecule has 0 amide bonds. The van der Waals surface area contributed by atoms with Crippen molar-refractivity contribution in [1.29, 1.82) is 0 Å². The third kappa shape index (κ3) is 2.60. The van der Waals surface area contributed by atoms with Gasteiger partial charge in [-0.1, -0.05) is 35.9 Å². The summed E-state index contributed by atoms with van der Waals surface area (Å²) < 4.78 is 1.32. The molecule has 0 aliphatic carbocycles. The van der Waals surface area contributed by atoms with Gasteiger partial charge in [-0.3, -0.25) is 4.90 Å². The van der Waals surface area contributed by atoms with Crippen LogP contribution in [0.2, 0.25) is 5.02 Å². The molecule has 2 nitrogen and oxygen atoms in total. The summed E-state index contributed by atoms with van der Waals surface area (Å²) in [5.74, 6) is 0.999. The van der Waals surface area contributed by atoms with Gasteiger partial charge in [0.25, 0.3) is 0 Å². The first-order valence-electron chi connectivity index (χ1n) is 9.45. The highest BCUT2D eigenvalue weighted by molar-refractivity contribution is 7.18. The highest BCUT2D eigenvalue weighted by Crippen LogP contribution is 2.52. The highest BCUT2D eigenvalue weighted by atomic mass is 35.5. The molecule has 2 aliphatic heterocycles. The zero-order valence-corrected chi connectivity index (χ0v) is 16.7. The smallest absolute Gasteiger partial charge is 0.0991 e. The first kappa shape index (κ1) is 16.7. The molecule has 0 spiro atoms. The van der Waals surface area contributed by atoms with E-state index >= 15 is 0 Å². The van der Waals surface area contributed by atoms with E-state index in [1.54, 1.807) is 0 Å². The van der Waals surface area contributed by atoms with Crippen LogP contribution in [-0.4, -0.2) is 29.0 Å². The summed E-state index contributed by atoms with van der Waals surface area (Å²) in [6.07, 6.45) is 3.81. The SMILES string of the molecule is Cc1cccc2sc([C@H]3C(c4ccc(Cl)cc4)C[C@H]4CCC3N4C)nc12. The van der Waals surface area contributed by atoms with Gasteiger partial charge in [0.2, 0.25) is 0 Å². The number of nitrogens with zero attached hydrogens (tertiary/aromatic N) is 2. The molecule has 2 saturated heterocycles. The molecule has 5 rings (SSSR count). The summed E-state index contributed by atoms with van der Waals surface area (Å²) in [4.78, 5) is 7.77. The third-order valence-electron chi connectivity index (χ3n) is 6.49. The van der Waals surface area contributed by atoms with Crippen LogP contribution in [0.25, 0.3) is 10.2 Å². The standard InChI is InChI=1S/C22H23ClN2S/c1-13-4-3-5-19-21(13)24-22(26-19)20-17(14-6-8-15(23)9-7-14)12-16-10-11-18(20)25(16)2/h3-9,16-18,20H,10-12H2,1-2H3/t16-,17?,18?,20+/m1/s1. The van der Waals surface area contributed by atoms with Gasteiger partial charge in [-0.05, 0) is 68.5 Å². The van der Waals surface area contributed by atoms with Crippen LogP contribution in [-0.2, 0) is 0 Å². The van der Waals surface area contributed by atoms with Crippen LogP contribution in [0, 0.1) is 6.92 Å². The molecule has 1 aromatic heterocycles. The van der Waals surface area contributed by atoms with Crippen molar-refractivity contribution in [2.45, 2.75) is 50.1 Å². The van der Waals surface area contributed by atoms with Crippen molar-refractivity contribution in [2.75, 3.05) is 7.05 Å². The molecule has 26 heavy (non-hydrogen) atoms. The lowest BCUT2D eigenvalue weighted by Crippen LogP contribution is -2.44. The number of likely N-dealkylation sites (N-methyl/N-ethyl adjacent to an activating group) is 1. The average molecular weight is 383 g/mol. The number of hydrogen-bond donors (Lipinski definition) is 0. The molecule has 4 heteroatoms. The summed E-state index contributed by atoms with van der Waals surface area (Å²) in [6, 6.07) is 16.4. The van der Waals surface area contributed by atoms with Gasteiger partial charge in [0.15, 0.2) is 0 Å². The number of piperidine rings is 1. The summed E-state index contributed by atoms with van der Waals surface area (Å²) in [5.41, 5.74) is 3.88. The fourth-order valence-corrected chi connectivity index (χ4v) is 6.50. The van der Waals surface area contributed by atoms with Crippen LogP contribution in [0.4, 0.5) is 0 Å². The Kier molecular flexibility index (Phi) is 4.07. The fourth-order valence-electron chi connectivity index (χ4n) is 5.10. The minimum atomic E-state index is 0.469. The van der Waals surface area contributed by atoms with Gasteiger partial charge in [0.05, 0.1) is 15.2 Å². The molecule has 134 valence electrons. The molecule has 2 aromatic carbocycles. The van der Waals surface area contributed by atoms with Crippen molar-refractivity contribution in [3.63, 3.8) is 0 Å². The van der Waals surface area contributed by atoms with E-state index in [9.17, 15) is 0 Å². The Morgan fingerprint density at radius 1 is 1.12 bits per heavy atom. The van der Waals surface area contributed by atoms with E-state index in [1.165, 1.54) is 45.6 Å². The normalized spacial score (nSPS) is 28.7. The van der Waals surface area contributed by atoms with Crippen LogP contribution in [0.1, 0.15) is 47.2 Å². The van der Waals surface area contributed by atoms with Gasteiger partial charge in [-0.25, -0.2) is 4.98 Å². The van der Waals surface area contributed by atoms with Crippen LogP contribution in [0.15, 0.2) is 42.5 Å². The molecule has 3 heterocycles. The van der Waals surface area contributed by atoms with E-state index in [1.807, 2.05) is 23.5 Å². The number of para-hydroxylation sites is 1. The van der Waals surface area contributed by atoms with Crippen LogP contribution >= 0.6 is 22.9 Å². The molecule has 2 unspecified atom stereocenters. The van der Waals surface area contributed by atoms with E-state index < -0.39 is 0 Å². The van der Waals surface area contributed by atoms with E-state index in [0.29, 0.717) is 23.9 Å². The maximum atomic E-state index is 6.15. The van der Waals surface area contributed by atoms with Gasteiger partial charge in [0, 0.05) is 23.0 Å². The van der Waals surface area contributed by atoms with Gasteiger partial charge in [-0.2, -0.15) is 0 Å². The molecule has 2 bridgehead atoms. The fraction of sp³-hybridized carbons (Fsp3) is 0.409. The number of aryl methyl sites for hydroxylation is 1. The van der Waals surface area contributed by atoms with E-state index in [-0.39, 0.29) is 0 Å². The van der Waals surface area contributed by atoms with Gasteiger partial charge in [0.1, 0.15) is 0 Å². The maximum absolute atomic E-state index is 6.15. The number of hydrogen-bond acceptors (Lipinski definition) is 3. The van der Waals surface area contributed by atoms with Gasteiger partial charge < -0.3 is 0 Å². The summed E-state index contributed by atoms with van der Waals surface area (Å²) in [6.45, 7) is 2.17. The number of rotatable bonds is 2. The number of benzene rings is 2. The van der Waals surface area contributed by atoms with Crippen LogP contribution in [0.5, 0.6) is 0 Å². The molecular formula is C22H23ClN2S. The Morgan fingerprint density at radius 2 is 1.92 bits per heavy atom. The number of aromatic nitrogens is 1. The molecule has 4 atom stereocenters. The minimum absolute atomic E-state index is 0.469. The Balaban J connectivity index is 1.63. The molecule has 0 N–H and O–H groups in total. The second-order valence-corrected chi connectivity index (χ2v) is 9.36. The van der Waals surface area contributed by atoms with Crippen molar-refractivity contribution in [2.24, 2.45) is 0 Å². The lowest BCUT2D eigenvalue weighted by molar-refractivity contribution is 0.137. The largest absolute Gasteiger partial charge is 0.300 e. The van der Waals surface area contributed by atoms with Crippen molar-refractivity contribution in [3.8, 4) is 0 Å². The highest BCUT2D eigenvalue weighted by Gasteiger charge is 2.47. The Bertz CT molecular complexity index is 948. The van der Waals surface area contributed by atoms with Crippen molar-refractivity contribution < 1.29 is 0 Å². The van der Waals surface area contributed by atoms with Gasteiger partial charge >= 0.3 is 0 Å². The average Bonchev–Trinajstić information content (AvgIpc) is 3.15. The minimum Gasteiger partial charge on any atom is -0.300 e. The maximum Gasteiger partial charge on any atom is 0.0991 e. The van der Waals surface area contributed by atoms with Crippen LogP contribution < -0.4 is 0 Å². The van der Waals surface area contributed by atoms with Crippen molar-refractivity contribution >= 4 is 33.2 Å². The molecule has 3 aromatic rings. The summed E-state index contributed by atoms with van der Waals surface area (Å²) >= 11 is 8.04. The Labute approximate surface area is 163 Å². The quantitative estimate of drug-likeness (QED) is 0.541. The lowest BCUT2D eigenvalue weighted by atomic mass is 9.76. The summed E-state index contributed by atoms with van der Waals surface area (Å²) in [5, 5.41) is 2.13. The zero-order valence-electron chi connectivity index (χ0n) is 15.2.